The normalized spacial score (nSPS) is 15.2. The smallest absolute Gasteiger partial charge is 0.305 e. The molecule has 0 aliphatic carbocycles. The van der Waals surface area contributed by atoms with Crippen LogP contribution in [-0.2, 0) is 9.53 Å². The molecule has 0 atom stereocenters. The first-order valence-corrected chi connectivity index (χ1v) is 10.1. The SMILES string of the molecule is CCOC(=O)CCCN1CCC(CNC(=O)c2cc(Cl)c(N)cc2OC)CC1. The number of nitrogens with two attached hydrogens (primary N) is 1. The minimum atomic E-state index is -0.212. The highest BCUT2D eigenvalue weighted by Gasteiger charge is 2.21. The third-order valence-electron chi connectivity index (χ3n) is 4.98. The van der Waals surface area contributed by atoms with Crippen molar-refractivity contribution in [2.75, 3.05) is 45.6 Å². The van der Waals surface area contributed by atoms with Crippen LogP contribution in [0.15, 0.2) is 12.1 Å². The van der Waals surface area contributed by atoms with E-state index in [1.54, 1.807) is 6.07 Å². The number of carbonyl (C=O) groups excluding carboxylic acids is 2. The fourth-order valence-electron chi connectivity index (χ4n) is 3.34. The molecule has 0 bridgehead atoms. The Kier molecular flexibility index (Phi) is 8.86. The number of hydrogen-bond acceptors (Lipinski definition) is 6. The van der Waals surface area contributed by atoms with E-state index >= 15 is 0 Å². The third-order valence-corrected chi connectivity index (χ3v) is 5.31. The summed E-state index contributed by atoms with van der Waals surface area (Å²) in [6, 6.07) is 3.10. The molecule has 0 aromatic heterocycles. The average molecular weight is 412 g/mol. The van der Waals surface area contributed by atoms with Gasteiger partial charge in [0.15, 0.2) is 0 Å². The Bertz CT molecular complexity index is 676. The topological polar surface area (TPSA) is 93.9 Å². The highest BCUT2D eigenvalue weighted by Crippen LogP contribution is 2.29. The summed E-state index contributed by atoms with van der Waals surface area (Å²) in [4.78, 5) is 26.3. The van der Waals surface area contributed by atoms with Crippen LogP contribution < -0.4 is 15.8 Å². The van der Waals surface area contributed by atoms with E-state index in [4.69, 9.17) is 26.8 Å². The average Bonchev–Trinajstić information content (AvgIpc) is 2.69. The molecule has 1 heterocycles. The molecule has 1 fully saturated rings. The zero-order valence-corrected chi connectivity index (χ0v) is 17.4. The molecule has 2 rings (SSSR count). The van der Waals surface area contributed by atoms with Gasteiger partial charge in [-0.05, 0) is 57.8 Å². The van der Waals surface area contributed by atoms with Crippen molar-refractivity contribution in [3.8, 4) is 5.75 Å². The molecule has 1 aliphatic rings. The van der Waals surface area contributed by atoms with Gasteiger partial charge >= 0.3 is 5.97 Å². The molecule has 1 saturated heterocycles. The van der Waals surface area contributed by atoms with Gasteiger partial charge in [0.1, 0.15) is 5.75 Å². The van der Waals surface area contributed by atoms with E-state index < -0.39 is 0 Å². The van der Waals surface area contributed by atoms with Crippen molar-refractivity contribution in [1.82, 2.24) is 10.2 Å². The molecule has 1 aromatic carbocycles. The summed E-state index contributed by atoms with van der Waals surface area (Å²) in [5, 5.41) is 3.31. The fourth-order valence-corrected chi connectivity index (χ4v) is 3.51. The van der Waals surface area contributed by atoms with Crippen LogP contribution in [-0.4, -0.2) is 56.7 Å². The van der Waals surface area contributed by atoms with Crippen LogP contribution in [0.4, 0.5) is 5.69 Å². The van der Waals surface area contributed by atoms with Gasteiger partial charge in [-0.2, -0.15) is 0 Å². The molecule has 156 valence electrons. The first kappa shape index (κ1) is 22.3. The minimum Gasteiger partial charge on any atom is -0.496 e. The van der Waals surface area contributed by atoms with Crippen LogP contribution >= 0.6 is 11.6 Å². The van der Waals surface area contributed by atoms with Crippen molar-refractivity contribution in [2.24, 2.45) is 5.92 Å². The second kappa shape index (κ2) is 11.1. The van der Waals surface area contributed by atoms with E-state index in [9.17, 15) is 9.59 Å². The van der Waals surface area contributed by atoms with E-state index in [2.05, 4.69) is 10.2 Å². The van der Waals surface area contributed by atoms with E-state index in [0.717, 1.165) is 38.9 Å². The number of nitrogens with one attached hydrogen (secondary N) is 1. The van der Waals surface area contributed by atoms with Crippen molar-refractivity contribution in [3.63, 3.8) is 0 Å². The van der Waals surface area contributed by atoms with Gasteiger partial charge in [-0.15, -0.1) is 0 Å². The Morgan fingerprint density at radius 3 is 2.68 bits per heavy atom. The zero-order chi connectivity index (χ0) is 20.5. The van der Waals surface area contributed by atoms with Crippen LogP contribution in [0, 0.1) is 5.92 Å². The number of carbonyl (C=O) groups is 2. The molecule has 8 heteroatoms. The predicted molar refractivity (Wildman–Crippen MR) is 110 cm³/mol. The van der Waals surface area contributed by atoms with Crippen molar-refractivity contribution in [1.29, 1.82) is 0 Å². The molecule has 1 aliphatic heterocycles. The van der Waals surface area contributed by atoms with Crippen LogP contribution in [0.2, 0.25) is 5.02 Å². The largest absolute Gasteiger partial charge is 0.496 e. The molecule has 28 heavy (non-hydrogen) atoms. The number of nitrogens with zero attached hydrogens (tertiary/aromatic N) is 1. The quantitative estimate of drug-likeness (QED) is 0.479. The van der Waals surface area contributed by atoms with E-state index in [0.29, 0.717) is 47.5 Å². The molecule has 0 spiro atoms. The number of rotatable bonds is 9. The minimum absolute atomic E-state index is 0.127. The third kappa shape index (κ3) is 6.56. The lowest BCUT2D eigenvalue weighted by atomic mass is 9.96. The van der Waals surface area contributed by atoms with Gasteiger partial charge in [0, 0.05) is 19.0 Å². The molecule has 0 unspecified atom stereocenters. The molecular weight excluding hydrogens is 382 g/mol. The molecule has 1 amide bonds. The lowest BCUT2D eigenvalue weighted by molar-refractivity contribution is -0.143. The number of ether oxygens (including phenoxy) is 2. The maximum absolute atomic E-state index is 12.5. The number of piperidine rings is 1. The second-order valence-corrected chi connectivity index (χ2v) is 7.38. The van der Waals surface area contributed by atoms with Gasteiger partial charge in [-0.25, -0.2) is 0 Å². The molecule has 3 N–H and O–H groups in total. The Morgan fingerprint density at radius 1 is 1.32 bits per heavy atom. The van der Waals surface area contributed by atoms with Crippen LogP contribution in [0.25, 0.3) is 0 Å². The highest BCUT2D eigenvalue weighted by atomic mass is 35.5. The number of esters is 1. The van der Waals surface area contributed by atoms with E-state index in [1.165, 1.54) is 13.2 Å². The predicted octanol–water partition coefficient (Wildman–Crippen LogP) is 2.72. The lowest BCUT2D eigenvalue weighted by Crippen LogP contribution is -2.39. The lowest BCUT2D eigenvalue weighted by Gasteiger charge is -2.32. The van der Waals surface area contributed by atoms with E-state index in [-0.39, 0.29) is 11.9 Å². The molecule has 0 saturated carbocycles. The maximum Gasteiger partial charge on any atom is 0.305 e. The first-order chi connectivity index (χ1) is 13.4. The van der Waals surface area contributed by atoms with Crippen molar-refractivity contribution in [2.45, 2.75) is 32.6 Å². The number of halogens is 1. The summed E-state index contributed by atoms with van der Waals surface area (Å²) >= 11 is 6.04. The van der Waals surface area contributed by atoms with Crippen LogP contribution in [0.5, 0.6) is 5.75 Å². The molecule has 1 aromatic rings. The molecule has 0 radical (unpaired) electrons. The first-order valence-electron chi connectivity index (χ1n) is 9.73. The van der Waals surface area contributed by atoms with Gasteiger partial charge in [-0.3, -0.25) is 9.59 Å². The Morgan fingerprint density at radius 2 is 2.04 bits per heavy atom. The number of anilines is 1. The van der Waals surface area contributed by atoms with Gasteiger partial charge in [0.25, 0.3) is 5.91 Å². The zero-order valence-electron chi connectivity index (χ0n) is 16.6. The summed E-state index contributed by atoms with van der Waals surface area (Å²) in [5.74, 6) is 0.505. The fraction of sp³-hybridized carbons (Fsp3) is 0.600. The number of hydrogen-bond donors (Lipinski definition) is 2. The van der Waals surface area contributed by atoms with Gasteiger partial charge in [0.05, 0.1) is 30.0 Å². The summed E-state index contributed by atoms with van der Waals surface area (Å²) in [5.41, 5.74) is 6.53. The standard InChI is InChI=1S/C20H30ClN3O4/c1-3-28-19(25)5-4-8-24-9-6-14(7-10-24)13-23-20(26)15-11-16(21)17(22)12-18(15)27-2/h11-12,14H,3-10,13,22H2,1-2H3,(H,23,26). The number of amides is 1. The van der Waals surface area contributed by atoms with Gasteiger partial charge < -0.3 is 25.4 Å². The number of nitrogen functional groups attached to an aromatic ring is 1. The molecule has 7 nitrogen and oxygen atoms in total. The Labute approximate surface area is 171 Å². The maximum atomic E-state index is 12.5. The van der Waals surface area contributed by atoms with E-state index in [1.807, 2.05) is 6.92 Å². The summed E-state index contributed by atoms with van der Waals surface area (Å²) < 4.78 is 10.2. The van der Waals surface area contributed by atoms with Crippen LogP contribution in [0.1, 0.15) is 43.0 Å². The molecular formula is C20H30ClN3O4. The summed E-state index contributed by atoms with van der Waals surface area (Å²) in [7, 11) is 1.50. The summed E-state index contributed by atoms with van der Waals surface area (Å²) in [6.45, 7) is 5.71. The van der Waals surface area contributed by atoms with Crippen LogP contribution in [0.3, 0.4) is 0 Å². The van der Waals surface area contributed by atoms with Crippen molar-refractivity contribution >= 4 is 29.2 Å². The number of methoxy groups -OCH3 is 1. The number of benzene rings is 1. The van der Waals surface area contributed by atoms with Crippen molar-refractivity contribution < 1.29 is 19.1 Å². The Balaban J connectivity index is 1.73. The monoisotopic (exact) mass is 411 g/mol. The van der Waals surface area contributed by atoms with Gasteiger partial charge in [-0.1, -0.05) is 11.6 Å². The Hall–Kier alpha value is -1.99. The second-order valence-electron chi connectivity index (χ2n) is 6.98. The van der Waals surface area contributed by atoms with Gasteiger partial charge in [0.2, 0.25) is 0 Å². The van der Waals surface area contributed by atoms with Crippen molar-refractivity contribution in [3.05, 3.63) is 22.7 Å². The highest BCUT2D eigenvalue weighted by molar-refractivity contribution is 6.33. The number of likely N-dealkylation sites (tertiary alicyclic amines) is 1. The summed E-state index contributed by atoms with van der Waals surface area (Å²) in [6.07, 6.45) is 3.31.